The molecule has 0 atom stereocenters. The lowest BCUT2D eigenvalue weighted by atomic mass is 10.0. The number of ether oxygens (including phenoxy) is 2. The highest BCUT2D eigenvalue weighted by molar-refractivity contribution is 5.93. The zero-order chi connectivity index (χ0) is 13.9. The van der Waals surface area contributed by atoms with E-state index < -0.39 is 18.1 Å². The van der Waals surface area contributed by atoms with Gasteiger partial charge in [-0.2, -0.15) is 5.26 Å². The van der Waals surface area contributed by atoms with Crippen molar-refractivity contribution in [2.75, 3.05) is 7.11 Å². The third kappa shape index (κ3) is 3.13. The smallest absolute Gasteiger partial charge is 0.465 e. The average Bonchev–Trinajstić information content (AvgIpc) is 2.28. The molecule has 0 saturated carbocycles. The molecule has 0 unspecified atom stereocenters. The lowest BCUT2D eigenvalue weighted by Gasteiger charge is -2.13. The molecule has 0 amide bonds. The van der Waals surface area contributed by atoms with Crippen LogP contribution in [-0.4, -0.2) is 19.4 Å². The molecule has 0 spiro atoms. The SMILES string of the molecule is COC(=O)c1cc(C)c(C#N)cc1OC(F)(F)F. The summed E-state index contributed by atoms with van der Waals surface area (Å²) in [5, 5.41) is 8.72. The van der Waals surface area contributed by atoms with Gasteiger partial charge in [-0.3, -0.25) is 0 Å². The molecule has 0 aromatic heterocycles. The van der Waals surface area contributed by atoms with E-state index in [1.807, 2.05) is 0 Å². The van der Waals surface area contributed by atoms with Crippen LogP contribution in [0.25, 0.3) is 0 Å². The number of aryl methyl sites for hydroxylation is 1. The van der Waals surface area contributed by atoms with E-state index in [0.29, 0.717) is 5.56 Å². The summed E-state index contributed by atoms with van der Waals surface area (Å²) in [4.78, 5) is 11.3. The second-order valence-electron chi connectivity index (χ2n) is 3.31. The van der Waals surface area contributed by atoms with Crippen molar-refractivity contribution < 1.29 is 27.4 Å². The summed E-state index contributed by atoms with van der Waals surface area (Å²) in [6.45, 7) is 1.49. The number of nitrogens with zero attached hydrogens (tertiary/aromatic N) is 1. The van der Waals surface area contributed by atoms with Crippen molar-refractivity contribution in [3.05, 3.63) is 28.8 Å². The molecule has 0 aliphatic carbocycles. The van der Waals surface area contributed by atoms with Gasteiger partial charge in [0.25, 0.3) is 0 Å². The number of rotatable bonds is 2. The fraction of sp³-hybridized carbons (Fsp3) is 0.273. The van der Waals surface area contributed by atoms with Crippen LogP contribution in [0.5, 0.6) is 5.75 Å². The summed E-state index contributed by atoms with van der Waals surface area (Å²) in [7, 11) is 1.03. The van der Waals surface area contributed by atoms with Gasteiger partial charge in [-0.05, 0) is 24.6 Å². The Labute approximate surface area is 101 Å². The molecular formula is C11H8F3NO3. The third-order valence-corrected chi connectivity index (χ3v) is 2.08. The Morgan fingerprint density at radius 3 is 2.44 bits per heavy atom. The Kier molecular flexibility index (Phi) is 3.81. The van der Waals surface area contributed by atoms with E-state index in [1.54, 1.807) is 6.07 Å². The van der Waals surface area contributed by atoms with Crippen LogP contribution in [0.1, 0.15) is 21.5 Å². The number of hydrogen-bond donors (Lipinski definition) is 0. The summed E-state index contributed by atoms with van der Waals surface area (Å²) < 4.78 is 44.6. The fourth-order valence-corrected chi connectivity index (χ4v) is 1.29. The minimum Gasteiger partial charge on any atom is -0.465 e. The molecule has 1 aromatic carbocycles. The molecule has 18 heavy (non-hydrogen) atoms. The maximum Gasteiger partial charge on any atom is 0.573 e. The van der Waals surface area contributed by atoms with Crippen LogP contribution in [0.2, 0.25) is 0 Å². The predicted octanol–water partition coefficient (Wildman–Crippen LogP) is 2.55. The van der Waals surface area contributed by atoms with Crippen molar-refractivity contribution in [2.24, 2.45) is 0 Å². The van der Waals surface area contributed by atoms with Crippen molar-refractivity contribution in [1.29, 1.82) is 5.26 Å². The second kappa shape index (κ2) is 4.96. The maximum absolute atomic E-state index is 12.2. The highest BCUT2D eigenvalue weighted by Gasteiger charge is 2.33. The van der Waals surface area contributed by atoms with Gasteiger partial charge in [-0.1, -0.05) is 0 Å². The summed E-state index contributed by atoms with van der Waals surface area (Å²) in [5.74, 6) is -1.72. The van der Waals surface area contributed by atoms with Gasteiger partial charge < -0.3 is 9.47 Å². The highest BCUT2D eigenvalue weighted by atomic mass is 19.4. The zero-order valence-electron chi connectivity index (χ0n) is 9.46. The number of carbonyl (C=O) groups excluding carboxylic acids is 1. The number of nitriles is 1. The van der Waals surface area contributed by atoms with E-state index in [-0.39, 0.29) is 11.1 Å². The number of benzene rings is 1. The van der Waals surface area contributed by atoms with Crippen molar-refractivity contribution in [3.8, 4) is 11.8 Å². The van der Waals surface area contributed by atoms with E-state index in [1.165, 1.54) is 6.92 Å². The normalized spacial score (nSPS) is 10.7. The highest BCUT2D eigenvalue weighted by Crippen LogP contribution is 2.29. The van der Waals surface area contributed by atoms with Crippen LogP contribution >= 0.6 is 0 Å². The Morgan fingerprint density at radius 2 is 2.00 bits per heavy atom. The van der Waals surface area contributed by atoms with E-state index in [9.17, 15) is 18.0 Å². The Balaban J connectivity index is 3.36. The van der Waals surface area contributed by atoms with Gasteiger partial charge in [0, 0.05) is 0 Å². The number of hydrogen-bond acceptors (Lipinski definition) is 4. The van der Waals surface area contributed by atoms with Crippen molar-refractivity contribution in [3.63, 3.8) is 0 Å². The Morgan fingerprint density at radius 1 is 1.39 bits per heavy atom. The lowest BCUT2D eigenvalue weighted by molar-refractivity contribution is -0.274. The molecule has 0 radical (unpaired) electrons. The first kappa shape index (κ1) is 13.8. The van der Waals surface area contributed by atoms with Crippen LogP contribution in [-0.2, 0) is 4.74 Å². The minimum absolute atomic E-state index is 0.0121. The van der Waals surface area contributed by atoms with Gasteiger partial charge in [-0.25, -0.2) is 4.79 Å². The fourth-order valence-electron chi connectivity index (χ4n) is 1.29. The molecule has 4 nitrogen and oxygen atoms in total. The van der Waals surface area contributed by atoms with Crippen LogP contribution in [0.15, 0.2) is 12.1 Å². The molecule has 7 heteroatoms. The molecule has 0 saturated heterocycles. The molecule has 1 aromatic rings. The van der Waals surface area contributed by atoms with E-state index in [0.717, 1.165) is 19.2 Å². The summed E-state index contributed by atoms with van der Waals surface area (Å²) >= 11 is 0. The predicted molar refractivity (Wildman–Crippen MR) is 53.9 cm³/mol. The Hall–Kier alpha value is -2.23. The van der Waals surface area contributed by atoms with Gasteiger partial charge in [0.2, 0.25) is 0 Å². The van der Waals surface area contributed by atoms with Crippen LogP contribution in [0, 0.1) is 18.3 Å². The van der Waals surface area contributed by atoms with Gasteiger partial charge in [-0.15, -0.1) is 13.2 Å². The number of methoxy groups -OCH3 is 1. The van der Waals surface area contributed by atoms with Crippen LogP contribution in [0.4, 0.5) is 13.2 Å². The monoisotopic (exact) mass is 259 g/mol. The lowest BCUT2D eigenvalue weighted by Crippen LogP contribution is -2.19. The quantitative estimate of drug-likeness (QED) is 0.766. The van der Waals surface area contributed by atoms with Crippen molar-refractivity contribution in [1.82, 2.24) is 0 Å². The van der Waals surface area contributed by atoms with Gasteiger partial charge >= 0.3 is 12.3 Å². The third-order valence-electron chi connectivity index (χ3n) is 2.08. The molecule has 0 fully saturated rings. The molecule has 0 heterocycles. The first-order valence-electron chi connectivity index (χ1n) is 4.67. The molecule has 0 bridgehead atoms. The van der Waals surface area contributed by atoms with Gasteiger partial charge in [0.15, 0.2) is 0 Å². The molecule has 96 valence electrons. The summed E-state index contributed by atoms with van der Waals surface area (Å²) in [6, 6.07) is 3.68. The van der Waals surface area contributed by atoms with Crippen molar-refractivity contribution >= 4 is 5.97 Å². The Bertz CT molecular complexity index is 517. The van der Waals surface area contributed by atoms with E-state index in [4.69, 9.17) is 5.26 Å². The van der Waals surface area contributed by atoms with E-state index >= 15 is 0 Å². The summed E-state index contributed by atoms with van der Waals surface area (Å²) in [5.41, 5.74) is -0.0411. The zero-order valence-corrected chi connectivity index (χ0v) is 9.46. The average molecular weight is 259 g/mol. The summed E-state index contributed by atoms with van der Waals surface area (Å²) in [6.07, 6.45) is -4.95. The molecule has 0 aliphatic heterocycles. The number of alkyl halides is 3. The number of halogens is 3. The second-order valence-corrected chi connectivity index (χ2v) is 3.31. The minimum atomic E-state index is -4.95. The topological polar surface area (TPSA) is 59.3 Å². The van der Waals surface area contributed by atoms with Gasteiger partial charge in [0.05, 0.1) is 18.7 Å². The number of esters is 1. The molecular weight excluding hydrogens is 251 g/mol. The molecule has 0 N–H and O–H groups in total. The van der Waals surface area contributed by atoms with E-state index in [2.05, 4.69) is 9.47 Å². The van der Waals surface area contributed by atoms with Crippen molar-refractivity contribution in [2.45, 2.75) is 13.3 Å². The first-order valence-corrected chi connectivity index (χ1v) is 4.67. The maximum atomic E-state index is 12.2. The molecule has 1 rings (SSSR count). The van der Waals surface area contributed by atoms with Crippen LogP contribution < -0.4 is 4.74 Å². The van der Waals surface area contributed by atoms with Crippen LogP contribution in [0.3, 0.4) is 0 Å². The standard InChI is InChI=1S/C11H8F3NO3/c1-6-3-8(10(16)17-2)9(4-7(6)5-15)18-11(12,13)14/h3-4H,1-2H3. The largest absolute Gasteiger partial charge is 0.573 e. The van der Waals surface area contributed by atoms with Gasteiger partial charge in [0.1, 0.15) is 11.3 Å². The molecule has 0 aliphatic rings. The first-order chi connectivity index (χ1) is 8.28. The number of carbonyl (C=O) groups is 1.